The van der Waals surface area contributed by atoms with E-state index in [1.54, 1.807) is 22.9 Å². The van der Waals surface area contributed by atoms with Crippen LogP contribution in [0.2, 0.25) is 0 Å². The molecule has 0 saturated heterocycles. The Hall–Kier alpha value is -4.42. The fourth-order valence-electron chi connectivity index (χ4n) is 3.66. The Morgan fingerprint density at radius 3 is 2.54 bits per heavy atom. The lowest BCUT2D eigenvalue weighted by atomic mass is 10.1. The van der Waals surface area contributed by atoms with E-state index in [0.29, 0.717) is 23.0 Å². The van der Waals surface area contributed by atoms with Gasteiger partial charge in [-0.25, -0.2) is 29.9 Å². The Bertz CT molecular complexity index is 1390. The van der Waals surface area contributed by atoms with Crippen LogP contribution in [-0.4, -0.2) is 24.5 Å². The highest BCUT2D eigenvalue weighted by Crippen LogP contribution is 2.37. The van der Waals surface area contributed by atoms with Gasteiger partial charge in [-0.3, -0.25) is 0 Å². The summed E-state index contributed by atoms with van der Waals surface area (Å²) in [6, 6.07) is 5.49. The third kappa shape index (κ3) is 4.65. The van der Waals surface area contributed by atoms with E-state index in [-0.39, 0.29) is 22.8 Å². The van der Waals surface area contributed by atoms with Crippen LogP contribution >= 0.6 is 0 Å². The third-order valence-corrected chi connectivity index (χ3v) is 5.30. The van der Waals surface area contributed by atoms with Crippen molar-refractivity contribution in [2.75, 3.05) is 11.1 Å². The summed E-state index contributed by atoms with van der Waals surface area (Å²) in [6.07, 6.45) is 2.16. The third-order valence-electron chi connectivity index (χ3n) is 5.30. The maximum atomic E-state index is 14.0. The zero-order valence-corrected chi connectivity index (χ0v) is 18.3. The van der Waals surface area contributed by atoms with E-state index >= 15 is 0 Å². The molecule has 1 atom stereocenters. The zero-order valence-electron chi connectivity index (χ0n) is 18.3. The number of halogens is 4. The molecule has 0 saturated carbocycles. The smallest absolute Gasteiger partial charge is 0.383 e. The number of nitrogens with two attached hydrogens (primary N) is 1. The van der Waals surface area contributed by atoms with Gasteiger partial charge >= 0.3 is 6.18 Å². The number of nitrogen functional groups attached to an aromatic ring is 1. The molecule has 35 heavy (non-hydrogen) atoms. The van der Waals surface area contributed by atoms with E-state index < -0.39 is 23.9 Å². The van der Waals surface area contributed by atoms with Crippen molar-refractivity contribution in [1.29, 1.82) is 5.53 Å². The number of fused-ring (bicyclic) bond motifs is 1. The highest BCUT2D eigenvalue weighted by Gasteiger charge is 2.34. The lowest BCUT2D eigenvalue weighted by Gasteiger charge is -2.18. The molecule has 4 rings (SSSR count). The summed E-state index contributed by atoms with van der Waals surface area (Å²) in [6.45, 7) is 1.85. The van der Waals surface area contributed by atoms with Gasteiger partial charge in [-0.2, -0.15) is 18.3 Å². The summed E-state index contributed by atoms with van der Waals surface area (Å²) in [5.41, 5.74) is 15.3. The Morgan fingerprint density at radius 1 is 1.20 bits per heavy atom. The minimum atomic E-state index is -4.68. The number of aromatic nitrogens is 5. The number of anilines is 2. The average molecular weight is 485 g/mol. The van der Waals surface area contributed by atoms with Gasteiger partial charge in [0.25, 0.3) is 0 Å². The van der Waals surface area contributed by atoms with Crippen molar-refractivity contribution < 1.29 is 17.6 Å². The fourth-order valence-corrected chi connectivity index (χ4v) is 3.66. The van der Waals surface area contributed by atoms with Crippen molar-refractivity contribution in [3.8, 4) is 11.1 Å². The second-order valence-electron chi connectivity index (χ2n) is 7.43. The Kier molecular flexibility index (Phi) is 6.40. The van der Waals surface area contributed by atoms with Crippen LogP contribution < -0.4 is 11.1 Å². The lowest BCUT2D eigenvalue weighted by Crippen LogP contribution is -2.11. The first-order valence-corrected chi connectivity index (χ1v) is 10.3. The molecule has 0 spiro atoms. The molecule has 3 heterocycles. The molecule has 4 aromatic rings. The summed E-state index contributed by atoms with van der Waals surface area (Å²) < 4.78 is 54.4. The van der Waals surface area contributed by atoms with E-state index in [1.165, 1.54) is 24.7 Å². The molecule has 13 heteroatoms. The van der Waals surface area contributed by atoms with Gasteiger partial charge < -0.3 is 15.6 Å². The number of benzene rings is 1. The van der Waals surface area contributed by atoms with E-state index in [4.69, 9.17) is 11.3 Å². The van der Waals surface area contributed by atoms with Gasteiger partial charge in [0.2, 0.25) is 5.82 Å². The molecule has 0 fully saturated rings. The molecule has 4 N–H and O–H groups in total. The van der Waals surface area contributed by atoms with Gasteiger partial charge in [-0.15, -0.1) is 0 Å². The summed E-state index contributed by atoms with van der Waals surface area (Å²) in [5.74, 6) is -1.63. The molecule has 3 aromatic heterocycles. The first kappa shape index (κ1) is 23.7. The highest BCUT2D eigenvalue weighted by atomic mass is 19.4. The summed E-state index contributed by atoms with van der Waals surface area (Å²) in [7, 11) is 0. The number of allylic oxidation sites excluding steroid dienone is 1. The molecule has 180 valence electrons. The van der Waals surface area contributed by atoms with Crippen molar-refractivity contribution in [2.24, 2.45) is 5.11 Å². The van der Waals surface area contributed by atoms with Gasteiger partial charge in [0.05, 0.1) is 17.1 Å². The van der Waals surface area contributed by atoms with Gasteiger partial charge in [0.1, 0.15) is 29.3 Å². The van der Waals surface area contributed by atoms with Crippen LogP contribution in [0, 0.1) is 11.3 Å². The molecule has 0 aliphatic heterocycles. The van der Waals surface area contributed by atoms with Crippen LogP contribution in [0.3, 0.4) is 0 Å². The van der Waals surface area contributed by atoms with Crippen LogP contribution in [0.5, 0.6) is 0 Å². The maximum Gasteiger partial charge on any atom is 0.451 e. The monoisotopic (exact) mass is 485 g/mol. The van der Waals surface area contributed by atoms with E-state index in [2.05, 4.69) is 30.4 Å². The maximum absolute atomic E-state index is 14.0. The zero-order chi connectivity index (χ0) is 25.2. The predicted molar refractivity (Wildman–Crippen MR) is 121 cm³/mol. The molecule has 1 unspecified atom stereocenters. The predicted octanol–water partition coefficient (Wildman–Crippen LogP) is 5.56. The molecule has 0 aliphatic carbocycles. The molecule has 0 bridgehead atoms. The quantitative estimate of drug-likeness (QED) is 0.232. The van der Waals surface area contributed by atoms with Crippen molar-refractivity contribution in [1.82, 2.24) is 24.5 Å². The fraction of sp³-hybridized carbons (Fsp3) is 0.182. The first-order valence-electron chi connectivity index (χ1n) is 10.3. The Balaban J connectivity index is 1.81. The van der Waals surface area contributed by atoms with Gasteiger partial charge in [-0.05, 0) is 18.6 Å². The standard InChI is InChI=1S/C22H19F4N9/c1-2-17(16(34-28)9-29-15-6-4-3-5-14(15)23)35-10-13(18-19(27)32-11-33-20(18)35)12-7-30-21(31-8-12)22(24,25)26/h3-11,17,28-29H,2H2,1H3,(H2,27,32,33)/b16-9-,34-28?. The minimum absolute atomic E-state index is 0.108. The van der Waals surface area contributed by atoms with Crippen molar-refractivity contribution in [3.05, 3.63) is 72.7 Å². The average Bonchev–Trinajstić information content (AvgIpc) is 3.23. The molecular weight excluding hydrogens is 466 g/mol. The van der Waals surface area contributed by atoms with Gasteiger partial charge in [0.15, 0.2) is 0 Å². The van der Waals surface area contributed by atoms with Crippen molar-refractivity contribution in [3.63, 3.8) is 0 Å². The number of hydrogen-bond donors (Lipinski definition) is 3. The number of nitrogens with zero attached hydrogens (tertiary/aromatic N) is 6. The molecule has 0 amide bonds. The van der Waals surface area contributed by atoms with Crippen LogP contribution in [-0.2, 0) is 6.18 Å². The van der Waals surface area contributed by atoms with E-state index in [9.17, 15) is 17.6 Å². The van der Waals surface area contributed by atoms with Crippen LogP contribution in [0.4, 0.5) is 29.1 Å². The minimum Gasteiger partial charge on any atom is -0.383 e. The number of nitrogens with one attached hydrogen (secondary N) is 2. The number of alkyl halides is 3. The molecule has 0 aliphatic rings. The Morgan fingerprint density at radius 2 is 1.91 bits per heavy atom. The van der Waals surface area contributed by atoms with Crippen LogP contribution in [0.15, 0.2) is 66.2 Å². The molecular formula is C22H19F4N9. The summed E-state index contributed by atoms with van der Waals surface area (Å²) in [4.78, 5) is 15.2. The number of para-hydroxylation sites is 1. The molecule has 1 aromatic carbocycles. The summed E-state index contributed by atoms with van der Waals surface area (Å²) in [5, 5.41) is 6.82. The van der Waals surface area contributed by atoms with E-state index in [0.717, 1.165) is 12.4 Å². The van der Waals surface area contributed by atoms with Crippen molar-refractivity contribution in [2.45, 2.75) is 25.6 Å². The topological polar surface area (TPSA) is 131 Å². The van der Waals surface area contributed by atoms with Crippen LogP contribution in [0.1, 0.15) is 25.2 Å². The second kappa shape index (κ2) is 9.44. The van der Waals surface area contributed by atoms with Crippen LogP contribution in [0.25, 0.3) is 22.2 Å². The van der Waals surface area contributed by atoms with Gasteiger partial charge in [-0.1, -0.05) is 19.1 Å². The SMILES string of the molecule is CCC(/C(=C/Nc1ccccc1F)N=N)n1cc(-c2cnc(C(F)(F)F)nc2)c2c(N)ncnc21. The first-order chi connectivity index (χ1) is 16.7. The normalized spacial score (nSPS) is 13.1. The van der Waals surface area contributed by atoms with E-state index in [1.807, 2.05) is 6.92 Å². The number of hydrogen-bond acceptors (Lipinski definition) is 8. The Labute approximate surface area is 196 Å². The van der Waals surface area contributed by atoms with Gasteiger partial charge in [0, 0.05) is 35.9 Å². The molecule has 9 nitrogen and oxygen atoms in total. The summed E-state index contributed by atoms with van der Waals surface area (Å²) >= 11 is 0. The highest BCUT2D eigenvalue weighted by molar-refractivity contribution is 6.00. The number of rotatable bonds is 7. The largest absolute Gasteiger partial charge is 0.451 e. The second-order valence-corrected chi connectivity index (χ2v) is 7.43. The van der Waals surface area contributed by atoms with Crippen molar-refractivity contribution >= 4 is 22.5 Å². The molecule has 0 radical (unpaired) electrons. The lowest BCUT2D eigenvalue weighted by molar-refractivity contribution is -0.144.